The largest absolute Gasteiger partial charge is 0.326 e. The third-order valence-electron chi connectivity index (χ3n) is 1.26. The van der Waals surface area contributed by atoms with Crippen molar-refractivity contribution in [3.8, 4) is 0 Å². The fraction of sp³-hybridized carbons (Fsp3) is 1.00. The Morgan fingerprint density at radius 2 is 1.90 bits per heavy atom. The monoisotopic (exact) mass is 167 g/mol. The molecule has 0 rings (SSSR count). The minimum absolute atomic E-state index is 0.0712. The summed E-state index contributed by atoms with van der Waals surface area (Å²) in [5.74, 6) is -0.285. The zero-order valence-corrected chi connectivity index (χ0v) is 6.93. The normalized spacial score (nSPS) is 15.7. The van der Waals surface area contributed by atoms with E-state index in [4.69, 9.17) is 10.3 Å². The molecule has 0 aliphatic rings. The highest BCUT2D eigenvalue weighted by Gasteiger charge is 2.15. The van der Waals surface area contributed by atoms with Gasteiger partial charge in [0.25, 0.3) is 10.1 Å². The standard InChI is InChI=1S/C5H13NO3S/c1-4(2)5(6)3-10(7,8)9/h4-5H,3,6H2,1-2H3,(H,7,8,9). The molecule has 0 aromatic heterocycles. The molecule has 62 valence electrons. The summed E-state index contributed by atoms with van der Waals surface area (Å²) in [7, 11) is -3.89. The van der Waals surface area contributed by atoms with Crippen LogP contribution in [0.15, 0.2) is 0 Å². The van der Waals surface area contributed by atoms with Crippen molar-refractivity contribution in [1.29, 1.82) is 0 Å². The first-order valence-electron chi connectivity index (χ1n) is 3.03. The van der Waals surface area contributed by atoms with Crippen LogP contribution in [0.2, 0.25) is 0 Å². The molecule has 0 fully saturated rings. The second-order valence-corrected chi connectivity index (χ2v) is 4.15. The highest BCUT2D eigenvalue weighted by Crippen LogP contribution is 2.00. The zero-order chi connectivity index (χ0) is 8.36. The van der Waals surface area contributed by atoms with Gasteiger partial charge in [-0.1, -0.05) is 13.8 Å². The molecule has 0 amide bonds. The van der Waals surface area contributed by atoms with Gasteiger partial charge in [-0.2, -0.15) is 8.42 Å². The molecule has 5 heteroatoms. The van der Waals surface area contributed by atoms with Crippen LogP contribution < -0.4 is 5.73 Å². The molecule has 0 aromatic rings. The third kappa shape index (κ3) is 4.72. The fourth-order valence-corrected chi connectivity index (χ4v) is 1.31. The molecule has 10 heavy (non-hydrogen) atoms. The molecular weight excluding hydrogens is 154 g/mol. The van der Waals surface area contributed by atoms with E-state index in [1.807, 2.05) is 0 Å². The van der Waals surface area contributed by atoms with Crippen molar-refractivity contribution in [2.24, 2.45) is 11.7 Å². The van der Waals surface area contributed by atoms with Gasteiger partial charge in [-0.3, -0.25) is 4.55 Å². The number of nitrogens with two attached hydrogens (primary N) is 1. The van der Waals surface area contributed by atoms with Gasteiger partial charge in [-0.25, -0.2) is 0 Å². The van der Waals surface area contributed by atoms with E-state index in [2.05, 4.69) is 0 Å². The van der Waals surface area contributed by atoms with E-state index >= 15 is 0 Å². The molecule has 0 saturated heterocycles. The maximum absolute atomic E-state index is 10.2. The quantitative estimate of drug-likeness (QED) is 0.573. The van der Waals surface area contributed by atoms with E-state index < -0.39 is 16.2 Å². The summed E-state index contributed by atoms with van der Waals surface area (Å²) in [6.07, 6.45) is 0. The van der Waals surface area contributed by atoms with Crippen molar-refractivity contribution in [3.63, 3.8) is 0 Å². The van der Waals surface area contributed by atoms with Crippen LogP contribution in [-0.2, 0) is 10.1 Å². The molecule has 4 nitrogen and oxygen atoms in total. The second kappa shape index (κ2) is 3.32. The molecule has 1 unspecified atom stereocenters. The Kier molecular flexibility index (Phi) is 3.27. The van der Waals surface area contributed by atoms with Crippen molar-refractivity contribution in [2.45, 2.75) is 19.9 Å². The van der Waals surface area contributed by atoms with E-state index in [-0.39, 0.29) is 11.7 Å². The van der Waals surface area contributed by atoms with Crippen LogP contribution in [-0.4, -0.2) is 24.8 Å². The lowest BCUT2D eigenvalue weighted by atomic mass is 10.1. The summed E-state index contributed by atoms with van der Waals surface area (Å²) in [6, 6.07) is -0.477. The Bertz CT molecular complexity index is 185. The smallest absolute Gasteiger partial charge is 0.266 e. The van der Waals surface area contributed by atoms with Gasteiger partial charge in [0.2, 0.25) is 0 Å². The summed E-state index contributed by atoms with van der Waals surface area (Å²) < 4.78 is 28.8. The average Bonchev–Trinajstić information content (AvgIpc) is 1.60. The van der Waals surface area contributed by atoms with Gasteiger partial charge in [0, 0.05) is 6.04 Å². The lowest BCUT2D eigenvalue weighted by molar-refractivity contribution is 0.457. The van der Waals surface area contributed by atoms with Gasteiger partial charge < -0.3 is 5.73 Å². The summed E-state index contributed by atoms with van der Waals surface area (Å²) in [6.45, 7) is 3.60. The maximum Gasteiger partial charge on any atom is 0.266 e. The maximum atomic E-state index is 10.2. The van der Waals surface area contributed by atoms with E-state index in [1.54, 1.807) is 13.8 Å². The Labute approximate surface area is 61.2 Å². The Balaban J connectivity index is 3.93. The van der Waals surface area contributed by atoms with Crippen molar-refractivity contribution >= 4 is 10.1 Å². The minimum Gasteiger partial charge on any atom is -0.326 e. The van der Waals surface area contributed by atoms with Crippen LogP contribution in [0.5, 0.6) is 0 Å². The topological polar surface area (TPSA) is 80.4 Å². The lowest BCUT2D eigenvalue weighted by Gasteiger charge is -2.12. The molecule has 3 N–H and O–H groups in total. The highest BCUT2D eigenvalue weighted by atomic mass is 32.2. The van der Waals surface area contributed by atoms with Gasteiger partial charge in [-0.15, -0.1) is 0 Å². The first-order valence-corrected chi connectivity index (χ1v) is 4.64. The van der Waals surface area contributed by atoms with Crippen LogP contribution in [0.25, 0.3) is 0 Å². The summed E-state index contributed by atoms with van der Waals surface area (Å²) >= 11 is 0. The SMILES string of the molecule is CC(C)C(N)CS(=O)(=O)O. The Morgan fingerprint density at radius 1 is 1.50 bits per heavy atom. The molecular formula is C5H13NO3S. The van der Waals surface area contributed by atoms with Gasteiger partial charge in [-0.05, 0) is 5.92 Å². The minimum atomic E-state index is -3.89. The third-order valence-corrected chi connectivity index (χ3v) is 2.07. The molecule has 0 heterocycles. The zero-order valence-electron chi connectivity index (χ0n) is 6.11. The average molecular weight is 167 g/mol. The molecule has 0 spiro atoms. The van der Waals surface area contributed by atoms with E-state index in [9.17, 15) is 8.42 Å². The van der Waals surface area contributed by atoms with E-state index in [1.165, 1.54) is 0 Å². The van der Waals surface area contributed by atoms with Crippen molar-refractivity contribution in [3.05, 3.63) is 0 Å². The van der Waals surface area contributed by atoms with Gasteiger partial charge >= 0.3 is 0 Å². The van der Waals surface area contributed by atoms with Crippen LogP contribution in [0, 0.1) is 5.92 Å². The summed E-state index contributed by atoms with van der Waals surface area (Å²) in [4.78, 5) is 0. The molecule has 0 saturated carbocycles. The van der Waals surface area contributed by atoms with Crippen molar-refractivity contribution in [1.82, 2.24) is 0 Å². The number of hydrogen-bond donors (Lipinski definition) is 2. The van der Waals surface area contributed by atoms with Crippen LogP contribution in [0.1, 0.15) is 13.8 Å². The highest BCUT2D eigenvalue weighted by molar-refractivity contribution is 7.85. The number of rotatable bonds is 3. The number of hydrogen-bond acceptors (Lipinski definition) is 3. The Hall–Kier alpha value is -0.130. The second-order valence-electron chi connectivity index (χ2n) is 2.66. The van der Waals surface area contributed by atoms with E-state index in [0.29, 0.717) is 0 Å². The lowest BCUT2D eigenvalue weighted by Crippen LogP contribution is -2.34. The molecule has 0 aromatic carbocycles. The van der Waals surface area contributed by atoms with Crippen molar-refractivity contribution in [2.75, 3.05) is 5.75 Å². The van der Waals surface area contributed by atoms with Gasteiger partial charge in [0.1, 0.15) is 0 Å². The predicted molar refractivity (Wildman–Crippen MR) is 39.2 cm³/mol. The fourth-order valence-electron chi connectivity index (χ4n) is 0.436. The van der Waals surface area contributed by atoms with Crippen LogP contribution in [0.3, 0.4) is 0 Å². The predicted octanol–water partition coefficient (Wildman–Crippen LogP) is -0.142. The van der Waals surface area contributed by atoms with Crippen LogP contribution >= 0.6 is 0 Å². The first kappa shape index (κ1) is 9.87. The molecule has 0 aliphatic heterocycles. The summed E-state index contributed by atoms with van der Waals surface area (Å²) in [5.41, 5.74) is 5.36. The summed E-state index contributed by atoms with van der Waals surface area (Å²) in [5, 5.41) is 0. The molecule has 0 bridgehead atoms. The molecule has 0 radical (unpaired) electrons. The van der Waals surface area contributed by atoms with E-state index in [0.717, 1.165) is 0 Å². The Morgan fingerprint density at radius 3 is 2.00 bits per heavy atom. The van der Waals surface area contributed by atoms with Crippen molar-refractivity contribution < 1.29 is 13.0 Å². The first-order chi connectivity index (χ1) is 4.33. The van der Waals surface area contributed by atoms with Crippen LogP contribution in [0.4, 0.5) is 0 Å². The molecule has 1 atom stereocenters. The van der Waals surface area contributed by atoms with Gasteiger partial charge in [0.15, 0.2) is 0 Å². The molecule has 0 aliphatic carbocycles. The van der Waals surface area contributed by atoms with Gasteiger partial charge in [0.05, 0.1) is 5.75 Å².